The Balaban J connectivity index is 1.96. The summed E-state index contributed by atoms with van der Waals surface area (Å²) in [5.74, 6) is 2.40. The molecule has 2 heteroatoms. The monoisotopic (exact) mass is 271 g/mol. The molecule has 108 valence electrons. The predicted molar refractivity (Wildman–Crippen MR) is 84.1 cm³/mol. The first-order valence-corrected chi connectivity index (χ1v) is 7.96. The van der Waals surface area contributed by atoms with Gasteiger partial charge in [0.1, 0.15) is 11.3 Å². The maximum absolute atomic E-state index is 6.26. The van der Waals surface area contributed by atoms with Gasteiger partial charge in [-0.05, 0) is 49.3 Å². The van der Waals surface area contributed by atoms with Crippen LogP contribution < -0.4 is 5.32 Å². The van der Waals surface area contributed by atoms with Crippen LogP contribution in [-0.4, -0.2) is 6.54 Å². The van der Waals surface area contributed by atoms with E-state index in [0.29, 0.717) is 12.0 Å². The fraction of sp³-hybridized carbons (Fsp3) is 0.556. The fourth-order valence-corrected chi connectivity index (χ4v) is 2.94. The molecule has 1 aromatic carbocycles. The summed E-state index contributed by atoms with van der Waals surface area (Å²) in [7, 11) is 0. The highest BCUT2D eigenvalue weighted by molar-refractivity contribution is 5.81. The Morgan fingerprint density at radius 2 is 2.10 bits per heavy atom. The molecule has 2 aromatic rings. The molecule has 1 fully saturated rings. The molecule has 1 aliphatic rings. The highest BCUT2D eigenvalue weighted by Crippen LogP contribution is 2.43. The molecular weight excluding hydrogens is 246 g/mol. The average molecular weight is 271 g/mol. The Hall–Kier alpha value is -1.28. The summed E-state index contributed by atoms with van der Waals surface area (Å²) >= 11 is 0. The number of hydrogen-bond acceptors (Lipinski definition) is 2. The topological polar surface area (TPSA) is 25.2 Å². The van der Waals surface area contributed by atoms with Crippen molar-refractivity contribution in [1.82, 2.24) is 5.32 Å². The van der Waals surface area contributed by atoms with Crippen molar-refractivity contribution < 1.29 is 4.42 Å². The third-order valence-corrected chi connectivity index (χ3v) is 4.23. The molecule has 0 aliphatic heterocycles. The minimum atomic E-state index is 0.405. The summed E-state index contributed by atoms with van der Waals surface area (Å²) in [4.78, 5) is 0. The van der Waals surface area contributed by atoms with Gasteiger partial charge in [0.05, 0.1) is 6.04 Å². The van der Waals surface area contributed by atoms with Gasteiger partial charge in [-0.2, -0.15) is 0 Å². The first-order valence-electron chi connectivity index (χ1n) is 7.96. The first kappa shape index (κ1) is 13.7. The van der Waals surface area contributed by atoms with E-state index in [0.717, 1.165) is 23.8 Å². The van der Waals surface area contributed by atoms with E-state index in [1.54, 1.807) is 0 Å². The molecular formula is C18H25NO. The fourth-order valence-electron chi connectivity index (χ4n) is 2.94. The lowest BCUT2D eigenvalue weighted by Gasteiger charge is -2.15. The smallest absolute Gasteiger partial charge is 0.137 e. The normalized spacial score (nSPS) is 17.0. The van der Waals surface area contributed by atoms with E-state index in [-0.39, 0.29) is 0 Å². The first-order chi connectivity index (χ1) is 9.70. The summed E-state index contributed by atoms with van der Waals surface area (Å²) in [6.07, 6.45) is 3.83. The van der Waals surface area contributed by atoms with Crippen LogP contribution in [0.5, 0.6) is 0 Å². The van der Waals surface area contributed by atoms with Crippen molar-refractivity contribution in [3.8, 4) is 0 Å². The molecule has 0 saturated heterocycles. The van der Waals surface area contributed by atoms with Crippen molar-refractivity contribution in [3.63, 3.8) is 0 Å². The van der Waals surface area contributed by atoms with Crippen molar-refractivity contribution in [2.24, 2.45) is 5.92 Å². The summed E-state index contributed by atoms with van der Waals surface area (Å²) in [6, 6.07) is 9.14. The molecule has 0 amide bonds. The van der Waals surface area contributed by atoms with Crippen LogP contribution in [-0.2, 0) is 0 Å². The third kappa shape index (κ3) is 2.62. The molecule has 0 spiro atoms. The van der Waals surface area contributed by atoms with Crippen LogP contribution in [0.15, 0.2) is 28.7 Å². The van der Waals surface area contributed by atoms with Gasteiger partial charge >= 0.3 is 0 Å². The maximum atomic E-state index is 6.26. The average Bonchev–Trinajstić information content (AvgIpc) is 3.17. The van der Waals surface area contributed by atoms with E-state index in [2.05, 4.69) is 50.4 Å². The zero-order chi connectivity index (χ0) is 14.1. The SMILES string of the molecule is CCCNC(c1cc2cccc(C(C)C)c2o1)C1CC1. The van der Waals surface area contributed by atoms with Crippen LogP contribution in [0.2, 0.25) is 0 Å². The lowest BCUT2D eigenvalue weighted by molar-refractivity contribution is 0.395. The van der Waals surface area contributed by atoms with Crippen LogP contribution in [0.25, 0.3) is 11.0 Å². The molecule has 0 radical (unpaired) electrons. The maximum Gasteiger partial charge on any atom is 0.137 e. The molecule has 1 aliphatic carbocycles. The highest BCUT2D eigenvalue weighted by atomic mass is 16.3. The van der Waals surface area contributed by atoms with E-state index >= 15 is 0 Å². The van der Waals surface area contributed by atoms with E-state index < -0.39 is 0 Å². The largest absolute Gasteiger partial charge is 0.459 e. The second kappa shape index (κ2) is 5.61. The lowest BCUT2D eigenvalue weighted by Crippen LogP contribution is -2.23. The number of fused-ring (bicyclic) bond motifs is 1. The van der Waals surface area contributed by atoms with Crippen molar-refractivity contribution in [2.75, 3.05) is 6.54 Å². The molecule has 1 atom stereocenters. The second-order valence-electron chi connectivity index (χ2n) is 6.34. The lowest BCUT2D eigenvalue weighted by atomic mass is 10.0. The summed E-state index contributed by atoms with van der Waals surface area (Å²) in [5.41, 5.74) is 2.40. The van der Waals surface area contributed by atoms with Crippen LogP contribution in [0.4, 0.5) is 0 Å². The molecule has 20 heavy (non-hydrogen) atoms. The van der Waals surface area contributed by atoms with E-state index in [1.165, 1.54) is 30.2 Å². The minimum Gasteiger partial charge on any atom is -0.459 e. The zero-order valence-corrected chi connectivity index (χ0v) is 12.8. The van der Waals surface area contributed by atoms with Gasteiger partial charge in [-0.1, -0.05) is 39.0 Å². The zero-order valence-electron chi connectivity index (χ0n) is 12.8. The van der Waals surface area contributed by atoms with Crippen LogP contribution in [0.3, 0.4) is 0 Å². The van der Waals surface area contributed by atoms with Gasteiger partial charge in [0, 0.05) is 5.39 Å². The van der Waals surface area contributed by atoms with Gasteiger partial charge < -0.3 is 9.73 Å². The van der Waals surface area contributed by atoms with Gasteiger partial charge in [0.15, 0.2) is 0 Å². The molecule has 3 rings (SSSR count). The highest BCUT2D eigenvalue weighted by Gasteiger charge is 2.34. The van der Waals surface area contributed by atoms with Gasteiger partial charge in [-0.25, -0.2) is 0 Å². The molecule has 1 unspecified atom stereocenters. The van der Waals surface area contributed by atoms with Crippen molar-refractivity contribution in [3.05, 3.63) is 35.6 Å². The summed E-state index contributed by atoms with van der Waals surface area (Å²) in [6.45, 7) is 7.73. The van der Waals surface area contributed by atoms with E-state index in [1.807, 2.05) is 0 Å². The number of para-hydroxylation sites is 1. The Morgan fingerprint density at radius 1 is 1.30 bits per heavy atom. The summed E-state index contributed by atoms with van der Waals surface area (Å²) < 4.78 is 6.26. The minimum absolute atomic E-state index is 0.405. The molecule has 1 saturated carbocycles. The molecule has 1 heterocycles. The van der Waals surface area contributed by atoms with Gasteiger partial charge in [-0.15, -0.1) is 0 Å². The van der Waals surface area contributed by atoms with Gasteiger partial charge in [-0.3, -0.25) is 0 Å². The number of benzene rings is 1. The van der Waals surface area contributed by atoms with E-state index in [4.69, 9.17) is 4.42 Å². The molecule has 1 N–H and O–H groups in total. The van der Waals surface area contributed by atoms with Crippen LogP contribution >= 0.6 is 0 Å². The standard InChI is InChI=1S/C18H25NO/c1-4-10-19-17(13-8-9-13)16-11-14-6-5-7-15(12(2)3)18(14)20-16/h5-7,11-13,17,19H,4,8-10H2,1-3H3. The van der Waals surface area contributed by atoms with Gasteiger partial charge in [0.25, 0.3) is 0 Å². The Kier molecular flexibility index (Phi) is 3.84. The van der Waals surface area contributed by atoms with Crippen LogP contribution in [0, 0.1) is 5.92 Å². The Bertz CT molecular complexity index is 580. The van der Waals surface area contributed by atoms with Crippen LogP contribution in [0.1, 0.15) is 63.3 Å². The molecule has 0 bridgehead atoms. The quantitative estimate of drug-likeness (QED) is 0.799. The molecule has 1 aromatic heterocycles. The number of nitrogens with one attached hydrogen (secondary N) is 1. The Morgan fingerprint density at radius 3 is 2.75 bits per heavy atom. The Labute approximate surface area is 121 Å². The van der Waals surface area contributed by atoms with Crippen molar-refractivity contribution in [1.29, 1.82) is 0 Å². The summed E-state index contributed by atoms with van der Waals surface area (Å²) in [5, 5.41) is 4.91. The van der Waals surface area contributed by atoms with Gasteiger partial charge in [0.2, 0.25) is 0 Å². The molecule has 2 nitrogen and oxygen atoms in total. The van der Waals surface area contributed by atoms with Crippen molar-refractivity contribution in [2.45, 2.75) is 52.0 Å². The third-order valence-electron chi connectivity index (χ3n) is 4.23. The van der Waals surface area contributed by atoms with Crippen molar-refractivity contribution >= 4 is 11.0 Å². The number of hydrogen-bond donors (Lipinski definition) is 1. The number of furan rings is 1. The number of rotatable bonds is 6. The second-order valence-corrected chi connectivity index (χ2v) is 6.34. The van der Waals surface area contributed by atoms with E-state index in [9.17, 15) is 0 Å². The predicted octanol–water partition coefficient (Wildman–Crippen LogP) is 5.01.